The average molecular weight is 306 g/mol. The van der Waals surface area contributed by atoms with E-state index in [9.17, 15) is 20.0 Å². The molecule has 0 aliphatic carbocycles. The van der Waals surface area contributed by atoms with Crippen molar-refractivity contribution in [1.29, 1.82) is 5.26 Å². The molecule has 0 amide bonds. The third-order valence-electron chi connectivity index (χ3n) is 3.26. The second-order valence-corrected chi connectivity index (χ2v) is 4.81. The third-order valence-corrected chi connectivity index (χ3v) is 3.26. The van der Waals surface area contributed by atoms with Crippen molar-refractivity contribution in [3.63, 3.8) is 0 Å². The third kappa shape index (κ3) is 3.63. The first-order valence-electron chi connectivity index (χ1n) is 6.84. The molecule has 2 aromatic rings. The van der Waals surface area contributed by atoms with Crippen molar-refractivity contribution in [3.8, 4) is 6.07 Å². The quantitative estimate of drug-likeness (QED) is 0.502. The van der Waals surface area contributed by atoms with Gasteiger partial charge in [0.05, 0.1) is 11.3 Å². The Morgan fingerprint density at radius 2 is 1.83 bits per heavy atom. The number of aromatic carboxylic acids is 1. The van der Waals surface area contributed by atoms with Crippen molar-refractivity contribution in [2.24, 2.45) is 0 Å². The zero-order chi connectivity index (χ0) is 16.8. The Hall–Kier alpha value is -3.39. The number of nitrogens with one attached hydrogen (secondary N) is 1. The van der Waals surface area contributed by atoms with Crippen LogP contribution in [0.1, 0.15) is 26.3 Å². The molecule has 2 N–H and O–H groups in total. The van der Waals surface area contributed by atoms with Gasteiger partial charge in [-0.1, -0.05) is 42.5 Å². The molecule has 5 heteroatoms. The van der Waals surface area contributed by atoms with Crippen molar-refractivity contribution in [1.82, 2.24) is 0 Å². The predicted octanol–water partition coefficient (Wildman–Crippen LogP) is 3.40. The van der Waals surface area contributed by atoms with Gasteiger partial charge in [-0.15, -0.1) is 0 Å². The van der Waals surface area contributed by atoms with Gasteiger partial charge in [-0.2, -0.15) is 5.26 Å². The van der Waals surface area contributed by atoms with Crippen molar-refractivity contribution in [2.75, 3.05) is 5.32 Å². The second-order valence-electron chi connectivity index (χ2n) is 4.81. The fourth-order valence-electron chi connectivity index (χ4n) is 2.12. The molecule has 2 rings (SSSR count). The SMILES string of the molecule is Cc1cccc(N/C=C(/C#N)C(=O)c2ccccc2)c1C(=O)O. The first-order chi connectivity index (χ1) is 11.0. The molecule has 0 aromatic heterocycles. The first kappa shape index (κ1) is 16.0. The van der Waals surface area contributed by atoms with Crippen LogP contribution < -0.4 is 5.32 Å². The van der Waals surface area contributed by atoms with Crippen LogP contribution in [0.5, 0.6) is 0 Å². The van der Waals surface area contributed by atoms with Gasteiger partial charge < -0.3 is 10.4 Å². The number of carboxylic acids is 1. The number of anilines is 1. The lowest BCUT2D eigenvalue weighted by atomic mass is 10.0. The number of aryl methyl sites for hydroxylation is 1. The van der Waals surface area contributed by atoms with E-state index < -0.39 is 11.8 Å². The molecule has 0 radical (unpaired) electrons. The second kappa shape index (κ2) is 7.05. The van der Waals surface area contributed by atoms with E-state index in [0.717, 1.165) is 0 Å². The number of rotatable bonds is 5. The maximum atomic E-state index is 12.2. The summed E-state index contributed by atoms with van der Waals surface area (Å²) in [7, 11) is 0. The van der Waals surface area contributed by atoms with Crippen LogP contribution in [0.15, 0.2) is 60.3 Å². The van der Waals surface area contributed by atoms with Crippen LogP contribution in [0.4, 0.5) is 5.69 Å². The summed E-state index contributed by atoms with van der Waals surface area (Å²) >= 11 is 0. The number of nitriles is 1. The summed E-state index contributed by atoms with van der Waals surface area (Å²) in [5.41, 5.74) is 1.31. The van der Waals surface area contributed by atoms with E-state index in [2.05, 4.69) is 5.32 Å². The number of Topliss-reactive ketones (excluding diaryl/α,β-unsaturated/α-hetero) is 1. The summed E-state index contributed by atoms with van der Waals surface area (Å²) in [6.07, 6.45) is 1.23. The van der Waals surface area contributed by atoms with Gasteiger partial charge in [0.25, 0.3) is 0 Å². The molecule has 0 bridgehead atoms. The monoisotopic (exact) mass is 306 g/mol. The number of carboxylic acid groups (broad SMARTS) is 1. The maximum Gasteiger partial charge on any atom is 0.338 e. The number of nitrogens with zero attached hydrogens (tertiary/aromatic N) is 1. The number of ketones is 1. The molecule has 0 fully saturated rings. The minimum atomic E-state index is -1.08. The highest BCUT2D eigenvalue weighted by Gasteiger charge is 2.14. The molecule has 0 heterocycles. The van der Waals surface area contributed by atoms with E-state index in [0.29, 0.717) is 16.8 Å². The van der Waals surface area contributed by atoms with Crippen LogP contribution in [-0.4, -0.2) is 16.9 Å². The number of hydrogen-bond donors (Lipinski definition) is 2. The highest BCUT2D eigenvalue weighted by atomic mass is 16.4. The Balaban J connectivity index is 2.32. The van der Waals surface area contributed by atoms with Crippen molar-refractivity contribution < 1.29 is 14.7 Å². The maximum absolute atomic E-state index is 12.2. The van der Waals surface area contributed by atoms with Crippen LogP contribution in [0.2, 0.25) is 0 Å². The first-order valence-corrected chi connectivity index (χ1v) is 6.84. The van der Waals surface area contributed by atoms with Crippen LogP contribution in [0.25, 0.3) is 0 Å². The Bertz CT molecular complexity index is 818. The largest absolute Gasteiger partial charge is 0.478 e. The summed E-state index contributed by atoms with van der Waals surface area (Å²) in [5.74, 6) is -1.50. The lowest BCUT2D eigenvalue weighted by Gasteiger charge is -2.09. The smallest absolute Gasteiger partial charge is 0.338 e. The summed E-state index contributed by atoms with van der Waals surface area (Å²) in [6.45, 7) is 1.68. The van der Waals surface area contributed by atoms with Crippen LogP contribution in [0.3, 0.4) is 0 Å². The molecule has 0 aliphatic heterocycles. The van der Waals surface area contributed by atoms with Gasteiger partial charge in [0.1, 0.15) is 11.6 Å². The average Bonchev–Trinajstić information content (AvgIpc) is 2.55. The van der Waals surface area contributed by atoms with Crippen molar-refractivity contribution in [2.45, 2.75) is 6.92 Å². The van der Waals surface area contributed by atoms with Gasteiger partial charge in [-0.05, 0) is 18.6 Å². The Labute approximate surface area is 133 Å². The highest BCUT2D eigenvalue weighted by molar-refractivity contribution is 6.11. The standard InChI is InChI=1S/C18H14N2O3/c1-12-6-5-9-15(16(12)18(22)23)20-11-14(10-19)17(21)13-7-3-2-4-8-13/h2-9,11,20H,1H3,(H,22,23)/b14-11-. The molecule has 0 atom stereocenters. The number of carbonyl (C=O) groups is 2. The zero-order valence-electron chi connectivity index (χ0n) is 12.4. The lowest BCUT2D eigenvalue weighted by Crippen LogP contribution is -2.07. The van der Waals surface area contributed by atoms with E-state index in [1.54, 1.807) is 55.5 Å². The lowest BCUT2D eigenvalue weighted by molar-refractivity contribution is 0.0697. The van der Waals surface area contributed by atoms with Gasteiger partial charge in [0.2, 0.25) is 5.78 Å². The molecule has 0 aliphatic rings. The minimum Gasteiger partial charge on any atom is -0.478 e. The van der Waals surface area contributed by atoms with E-state index in [1.807, 2.05) is 6.07 Å². The van der Waals surface area contributed by atoms with Gasteiger partial charge >= 0.3 is 5.97 Å². The van der Waals surface area contributed by atoms with E-state index in [4.69, 9.17) is 0 Å². The molecular formula is C18H14N2O3. The number of benzene rings is 2. The van der Waals surface area contributed by atoms with Gasteiger partial charge in [-0.3, -0.25) is 4.79 Å². The van der Waals surface area contributed by atoms with Crippen molar-refractivity contribution >= 4 is 17.4 Å². The van der Waals surface area contributed by atoms with E-state index >= 15 is 0 Å². The molecular weight excluding hydrogens is 292 g/mol. The molecule has 2 aromatic carbocycles. The molecule has 114 valence electrons. The number of carbonyl (C=O) groups excluding carboxylic acids is 1. The summed E-state index contributed by atoms with van der Waals surface area (Å²) in [5, 5.41) is 21.2. The predicted molar refractivity (Wildman–Crippen MR) is 86.2 cm³/mol. The molecule has 0 saturated carbocycles. The molecule has 23 heavy (non-hydrogen) atoms. The highest BCUT2D eigenvalue weighted by Crippen LogP contribution is 2.20. The fraction of sp³-hybridized carbons (Fsp3) is 0.0556. The molecule has 0 unspecified atom stereocenters. The number of allylic oxidation sites excluding steroid dienone is 1. The minimum absolute atomic E-state index is 0.103. The topological polar surface area (TPSA) is 90.2 Å². The van der Waals surface area contributed by atoms with E-state index in [1.165, 1.54) is 6.20 Å². The number of hydrogen-bond acceptors (Lipinski definition) is 4. The van der Waals surface area contributed by atoms with Crippen molar-refractivity contribution in [3.05, 3.63) is 77.0 Å². The normalized spacial score (nSPS) is 10.7. The Morgan fingerprint density at radius 3 is 2.43 bits per heavy atom. The zero-order valence-corrected chi connectivity index (χ0v) is 12.4. The Kier molecular flexibility index (Phi) is 4.90. The van der Waals surface area contributed by atoms with Crippen LogP contribution in [-0.2, 0) is 0 Å². The summed E-state index contributed by atoms with van der Waals surface area (Å²) in [6, 6.07) is 15.2. The summed E-state index contributed by atoms with van der Waals surface area (Å²) in [4.78, 5) is 23.6. The van der Waals surface area contributed by atoms with Gasteiger partial charge in [0.15, 0.2) is 0 Å². The fourth-order valence-corrected chi connectivity index (χ4v) is 2.12. The van der Waals surface area contributed by atoms with Crippen LogP contribution >= 0.6 is 0 Å². The summed E-state index contributed by atoms with van der Waals surface area (Å²) < 4.78 is 0. The Morgan fingerprint density at radius 1 is 1.13 bits per heavy atom. The van der Waals surface area contributed by atoms with Gasteiger partial charge in [0, 0.05) is 11.8 Å². The van der Waals surface area contributed by atoms with Gasteiger partial charge in [-0.25, -0.2) is 4.79 Å². The van der Waals surface area contributed by atoms with E-state index in [-0.39, 0.29) is 11.1 Å². The molecule has 0 saturated heterocycles. The van der Waals surface area contributed by atoms with Crippen LogP contribution in [0, 0.1) is 18.3 Å². The molecule has 5 nitrogen and oxygen atoms in total. The molecule has 0 spiro atoms.